The van der Waals surface area contributed by atoms with E-state index in [1.54, 1.807) is 10.6 Å². The van der Waals surface area contributed by atoms with Gasteiger partial charge in [0.15, 0.2) is 9.84 Å². The predicted molar refractivity (Wildman–Crippen MR) is 74.3 cm³/mol. The Bertz CT molecular complexity index is 718. The number of rotatable bonds is 3. The molecule has 106 valence electrons. The van der Waals surface area contributed by atoms with Gasteiger partial charge in [-0.3, -0.25) is 4.79 Å². The van der Waals surface area contributed by atoms with Crippen LogP contribution >= 0.6 is 0 Å². The van der Waals surface area contributed by atoms with Crippen molar-refractivity contribution < 1.29 is 13.2 Å². The lowest BCUT2D eigenvalue weighted by molar-refractivity contribution is 0.0944. The maximum absolute atomic E-state index is 12.0. The number of imidazole rings is 1. The zero-order valence-corrected chi connectivity index (χ0v) is 11.6. The molecule has 2 aromatic rings. The summed E-state index contributed by atoms with van der Waals surface area (Å²) in [6, 6.07) is 5.54. The molecule has 1 atom stereocenters. The van der Waals surface area contributed by atoms with Crippen LogP contribution in [-0.4, -0.2) is 41.8 Å². The zero-order valence-electron chi connectivity index (χ0n) is 10.8. The lowest BCUT2D eigenvalue weighted by Crippen LogP contribution is -2.30. The quantitative estimate of drug-likeness (QED) is 0.893. The van der Waals surface area contributed by atoms with Gasteiger partial charge < -0.3 is 9.72 Å². The summed E-state index contributed by atoms with van der Waals surface area (Å²) >= 11 is 0. The van der Waals surface area contributed by atoms with Crippen molar-refractivity contribution >= 4 is 21.4 Å². The van der Waals surface area contributed by atoms with Crippen molar-refractivity contribution in [2.75, 3.05) is 18.1 Å². The number of nitrogens with one attached hydrogen (secondary N) is 1. The number of pyridine rings is 1. The van der Waals surface area contributed by atoms with Crippen molar-refractivity contribution in [2.45, 2.75) is 6.42 Å². The van der Waals surface area contributed by atoms with Crippen LogP contribution in [0, 0.1) is 5.92 Å². The molecule has 0 bridgehead atoms. The lowest BCUT2D eigenvalue weighted by atomic mass is 10.1. The van der Waals surface area contributed by atoms with E-state index in [1.165, 1.54) is 0 Å². The summed E-state index contributed by atoms with van der Waals surface area (Å²) in [5, 5.41) is 2.76. The molecule has 0 radical (unpaired) electrons. The van der Waals surface area contributed by atoms with Gasteiger partial charge in [0, 0.05) is 18.9 Å². The number of hydrogen-bond donors (Lipinski definition) is 1. The Balaban J connectivity index is 1.65. The Labute approximate surface area is 116 Å². The van der Waals surface area contributed by atoms with Crippen LogP contribution in [-0.2, 0) is 9.84 Å². The number of aromatic nitrogens is 2. The smallest absolute Gasteiger partial charge is 0.271 e. The van der Waals surface area contributed by atoms with Crippen LogP contribution in [0.3, 0.4) is 0 Å². The lowest BCUT2D eigenvalue weighted by Gasteiger charge is -2.07. The summed E-state index contributed by atoms with van der Waals surface area (Å²) in [7, 11) is -2.90. The maximum Gasteiger partial charge on any atom is 0.271 e. The molecule has 0 aromatic carbocycles. The molecular formula is C13H15N3O3S. The van der Waals surface area contributed by atoms with E-state index >= 15 is 0 Å². The Morgan fingerprint density at radius 3 is 3.00 bits per heavy atom. The van der Waals surface area contributed by atoms with Gasteiger partial charge in [0.25, 0.3) is 5.91 Å². The molecule has 3 heterocycles. The maximum atomic E-state index is 12.0. The number of hydrogen-bond acceptors (Lipinski definition) is 4. The van der Waals surface area contributed by atoms with Gasteiger partial charge in [-0.2, -0.15) is 0 Å². The highest BCUT2D eigenvalue weighted by Gasteiger charge is 2.28. The monoisotopic (exact) mass is 293 g/mol. The van der Waals surface area contributed by atoms with Gasteiger partial charge in [-0.05, 0) is 24.5 Å². The van der Waals surface area contributed by atoms with Crippen molar-refractivity contribution in [3.05, 3.63) is 36.3 Å². The number of amides is 1. The first-order valence-electron chi connectivity index (χ1n) is 6.46. The van der Waals surface area contributed by atoms with Crippen molar-refractivity contribution in [1.29, 1.82) is 0 Å². The van der Waals surface area contributed by atoms with E-state index < -0.39 is 9.84 Å². The highest BCUT2D eigenvalue weighted by molar-refractivity contribution is 7.91. The number of nitrogens with zero attached hydrogens (tertiary/aromatic N) is 2. The minimum Gasteiger partial charge on any atom is -0.350 e. The molecule has 2 aromatic heterocycles. The van der Waals surface area contributed by atoms with Crippen molar-refractivity contribution in [3.63, 3.8) is 0 Å². The zero-order chi connectivity index (χ0) is 14.2. The molecule has 0 saturated carbocycles. The molecule has 1 saturated heterocycles. The molecule has 3 rings (SSSR count). The number of fused-ring (bicyclic) bond motifs is 1. The van der Waals surface area contributed by atoms with Gasteiger partial charge in [0.1, 0.15) is 11.3 Å². The molecule has 1 fully saturated rings. The topological polar surface area (TPSA) is 80.5 Å². The summed E-state index contributed by atoms with van der Waals surface area (Å²) < 4.78 is 24.5. The van der Waals surface area contributed by atoms with Gasteiger partial charge in [0.05, 0.1) is 11.5 Å². The fourth-order valence-electron chi connectivity index (χ4n) is 2.40. The SMILES string of the molecule is O=C(NC[C@H]1CCS(=O)(=O)C1)c1cn2ccccc2n1. The molecule has 20 heavy (non-hydrogen) atoms. The van der Waals surface area contributed by atoms with E-state index in [2.05, 4.69) is 10.3 Å². The van der Waals surface area contributed by atoms with E-state index in [4.69, 9.17) is 0 Å². The summed E-state index contributed by atoms with van der Waals surface area (Å²) in [6.07, 6.45) is 4.10. The first-order valence-corrected chi connectivity index (χ1v) is 8.28. The summed E-state index contributed by atoms with van der Waals surface area (Å²) in [5.41, 5.74) is 1.05. The average molecular weight is 293 g/mol. The Morgan fingerprint density at radius 2 is 2.30 bits per heavy atom. The summed E-state index contributed by atoms with van der Waals surface area (Å²) in [6.45, 7) is 0.381. The third-order valence-electron chi connectivity index (χ3n) is 3.47. The van der Waals surface area contributed by atoms with Crippen LogP contribution < -0.4 is 5.32 Å². The molecule has 1 amide bonds. The highest BCUT2D eigenvalue weighted by atomic mass is 32.2. The van der Waals surface area contributed by atoms with E-state index in [9.17, 15) is 13.2 Å². The van der Waals surface area contributed by atoms with Crippen LogP contribution in [0.1, 0.15) is 16.9 Å². The number of sulfone groups is 1. The second-order valence-electron chi connectivity index (χ2n) is 5.07. The number of carbonyl (C=O) groups is 1. The minimum atomic E-state index is -2.90. The van der Waals surface area contributed by atoms with E-state index in [0.29, 0.717) is 24.3 Å². The van der Waals surface area contributed by atoms with Crippen LogP contribution in [0.15, 0.2) is 30.6 Å². The molecule has 0 spiro atoms. The van der Waals surface area contributed by atoms with Gasteiger partial charge in [-0.15, -0.1) is 0 Å². The van der Waals surface area contributed by atoms with Crippen LogP contribution in [0.25, 0.3) is 5.65 Å². The first-order chi connectivity index (χ1) is 9.53. The molecule has 1 aliphatic rings. The minimum absolute atomic E-state index is 0.0148. The van der Waals surface area contributed by atoms with Gasteiger partial charge in [-0.1, -0.05) is 6.07 Å². The summed E-state index contributed by atoms with van der Waals surface area (Å²) in [4.78, 5) is 16.2. The molecule has 7 heteroatoms. The first kappa shape index (κ1) is 13.1. The normalized spacial score (nSPS) is 21.1. The van der Waals surface area contributed by atoms with Gasteiger partial charge in [0.2, 0.25) is 0 Å². The largest absolute Gasteiger partial charge is 0.350 e. The standard InChI is InChI=1S/C13H15N3O3S/c17-13(14-7-10-4-6-20(18,19)9-10)11-8-16-5-2-1-3-12(16)15-11/h1-3,5,8,10H,4,6-7,9H2,(H,14,17)/t10-/m1/s1. The third kappa shape index (κ3) is 2.67. The fraction of sp³-hybridized carbons (Fsp3) is 0.385. The van der Waals surface area contributed by atoms with E-state index in [-0.39, 0.29) is 23.3 Å². The molecule has 1 N–H and O–H groups in total. The Hall–Kier alpha value is -1.89. The Morgan fingerprint density at radius 1 is 1.45 bits per heavy atom. The van der Waals surface area contributed by atoms with E-state index in [1.807, 2.05) is 24.4 Å². The fourth-order valence-corrected chi connectivity index (χ4v) is 4.27. The second kappa shape index (κ2) is 4.90. The molecule has 1 aliphatic heterocycles. The van der Waals surface area contributed by atoms with Gasteiger partial charge >= 0.3 is 0 Å². The van der Waals surface area contributed by atoms with Gasteiger partial charge in [-0.25, -0.2) is 13.4 Å². The van der Waals surface area contributed by atoms with Crippen LogP contribution in [0.5, 0.6) is 0 Å². The summed E-state index contributed by atoms with van der Waals surface area (Å²) in [5.74, 6) is 0.138. The molecular weight excluding hydrogens is 278 g/mol. The highest BCUT2D eigenvalue weighted by Crippen LogP contribution is 2.17. The van der Waals surface area contributed by atoms with Crippen LogP contribution in [0.2, 0.25) is 0 Å². The molecule has 6 nitrogen and oxygen atoms in total. The number of carbonyl (C=O) groups excluding carboxylic acids is 1. The van der Waals surface area contributed by atoms with Crippen LogP contribution in [0.4, 0.5) is 0 Å². The van der Waals surface area contributed by atoms with Crippen molar-refractivity contribution in [1.82, 2.24) is 14.7 Å². The molecule has 0 unspecified atom stereocenters. The van der Waals surface area contributed by atoms with Crippen molar-refractivity contribution in [2.24, 2.45) is 5.92 Å². The van der Waals surface area contributed by atoms with Crippen molar-refractivity contribution in [3.8, 4) is 0 Å². The predicted octanol–water partition coefficient (Wildman–Crippen LogP) is 0.499. The Kier molecular flexibility index (Phi) is 3.21. The average Bonchev–Trinajstić information content (AvgIpc) is 2.99. The van der Waals surface area contributed by atoms with E-state index in [0.717, 1.165) is 0 Å². The second-order valence-corrected chi connectivity index (χ2v) is 7.30. The third-order valence-corrected chi connectivity index (χ3v) is 5.31. The molecule has 0 aliphatic carbocycles.